The highest BCUT2D eigenvalue weighted by Crippen LogP contribution is 2.54. The molecule has 0 aliphatic carbocycles. The van der Waals surface area contributed by atoms with Crippen molar-refractivity contribution in [3.63, 3.8) is 0 Å². The van der Waals surface area contributed by atoms with E-state index >= 15 is 0 Å². The molecule has 3 unspecified atom stereocenters. The number of rotatable bonds is 3. The minimum atomic E-state index is -3.60. The van der Waals surface area contributed by atoms with Crippen molar-refractivity contribution >= 4 is 15.7 Å². The number of hydrogen-bond donors (Lipinski definition) is 1. The summed E-state index contributed by atoms with van der Waals surface area (Å²) >= 11 is 0. The Kier molecular flexibility index (Phi) is 3.79. The van der Waals surface area contributed by atoms with Crippen molar-refractivity contribution in [3.05, 3.63) is 71.8 Å². The Morgan fingerprint density at radius 2 is 1.88 bits per heavy atom. The highest BCUT2D eigenvalue weighted by molar-refractivity contribution is 7.89. The molecular formula is C21H24N2O2S. The van der Waals surface area contributed by atoms with Gasteiger partial charge in [-0.2, -0.15) is 4.31 Å². The molecule has 0 saturated carbocycles. The monoisotopic (exact) mass is 368 g/mol. The molecule has 5 heteroatoms. The Hall–Kier alpha value is -2.11. The highest BCUT2D eigenvalue weighted by Gasteiger charge is 2.59. The number of nitrogens with one attached hydrogen (secondary N) is 1. The van der Waals surface area contributed by atoms with E-state index in [-0.39, 0.29) is 17.5 Å². The first-order valence-corrected chi connectivity index (χ1v) is 10.3. The van der Waals surface area contributed by atoms with Gasteiger partial charge in [0, 0.05) is 23.6 Å². The maximum absolute atomic E-state index is 13.4. The summed E-state index contributed by atoms with van der Waals surface area (Å²) in [4.78, 5) is 0.338. The molecule has 2 aromatic carbocycles. The molecule has 1 fully saturated rings. The topological polar surface area (TPSA) is 49.4 Å². The smallest absolute Gasteiger partial charge is 0.244 e. The number of anilines is 1. The fraction of sp³-hybridized carbons (Fsp3) is 0.333. The first kappa shape index (κ1) is 17.3. The Labute approximate surface area is 155 Å². The van der Waals surface area contributed by atoms with Crippen LogP contribution in [0, 0.1) is 19.8 Å². The molecule has 2 aliphatic heterocycles. The van der Waals surface area contributed by atoms with Crippen LogP contribution in [0.15, 0.2) is 60.0 Å². The van der Waals surface area contributed by atoms with Crippen molar-refractivity contribution in [1.82, 2.24) is 4.31 Å². The van der Waals surface area contributed by atoms with Crippen LogP contribution in [0.3, 0.4) is 0 Å². The zero-order chi connectivity index (χ0) is 18.7. The van der Waals surface area contributed by atoms with Crippen molar-refractivity contribution in [2.75, 3.05) is 11.9 Å². The molecule has 1 saturated heterocycles. The lowest BCUT2D eigenvalue weighted by atomic mass is 9.72. The van der Waals surface area contributed by atoms with Crippen LogP contribution >= 0.6 is 0 Å². The number of hydrogen-bond acceptors (Lipinski definition) is 3. The Morgan fingerprint density at radius 3 is 2.54 bits per heavy atom. The van der Waals surface area contributed by atoms with E-state index < -0.39 is 10.0 Å². The van der Waals surface area contributed by atoms with Crippen LogP contribution in [0.1, 0.15) is 23.6 Å². The van der Waals surface area contributed by atoms with Gasteiger partial charge in [0.05, 0.1) is 4.90 Å². The van der Waals surface area contributed by atoms with Gasteiger partial charge in [-0.15, -0.1) is 6.58 Å². The van der Waals surface area contributed by atoms with E-state index in [1.807, 2.05) is 37.3 Å². The van der Waals surface area contributed by atoms with Gasteiger partial charge in [-0.25, -0.2) is 8.42 Å². The number of benzene rings is 2. The normalized spacial score (nSPS) is 27.7. The third-order valence-corrected chi connectivity index (χ3v) is 7.86. The van der Waals surface area contributed by atoms with Crippen molar-refractivity contribution in [2.24, 2.45) is 5.92 Å². The van der Waals surface area contributed by atoms with Gasteiger partial charge in [0.15, 0.2) is 0 Å². The molecule has 0 aromatic heterocycles. The van der Waals surface area contributed by atoms with E-state index in [0.29, 0.717) is 11.4 Å². The summed E-state index contributed by atoms with van der Waals surface area (Å²) in [6, 6.07) is 13.2. The first-order chi connectivity index (χ1) is 12.3. The summed E-state index contributed by atoms with van der Waals surface area (Å²) < 4.78 is 28.4. The van der Waals surface area contributed by atoms with Gasteiger partial charge in [0.25, 0.3) is 0 Å². The lowest BCUT2D eigenvalue weighted by Crippen LogP contribution is -2.45. The van der Waals surface area contributed by atoms with E-state index in [1.54, 1.807) is 16.4 Å². The summed E-state index contributed by atoms with van der Waals surface area (Å²) in [5.74, 6) is 0.0440. The summed E-state index contributed by atoms with van der Waals surface area (Å²) in [7, 11) is -3.60. The second-order valence-corrected chi connectivity index (χ2v) is 9.45. The third kappa shape index (κ3) is 2.20. The summed E-state index contributed by atoms with van der Waals surface area (Å²) in [5, 5.41) is 3.48. The lowest BCUT2D eigenvalue weighted by Gasteiger charge is -2.31. The van der Waals surface area contributed by atoms with Crippen molar-refractivity contribution in [2.45, 2.75) is 37.2 Å². The molecule has 136 valence electrons. The minimum Gasteiger partial charge on any atom is -0.368 e. The van der Waals surface area contributed by atoms with Crippen molar-refractivity contribution in [3.8, 4) is 0 Å². The molecule has 0 spiro atoms. The highest BCUT2D eigenvalue weighted by atomic mass is 32.2. The van der Waals surface area contributed by atoms with Gasteiger partial charge in [-0.3, -0.25) is 0 Å². The Morgan fingerprint density at radius 1 is 1.19 bits per heavy atom. The molecule has 4 rings (SSSR count). The summed E-state index contributed by atoms with van der Waals surface area (Å²) in [6.45, 7) is 10.6. The van der Waals surface area contributed by atoms with Gasteiger partial charge in [0.2, 0.25) is 10.0 Å². The van der Waals surface area contributed by atoms with Crippen LogP contribution in [0.5, 0.6) is 0 Å². The van der Waals surface area contributed by atoms with E-state index in [9.17, 15) is 8.42 Å². The maximum Gasteiger partial charge on any atom is 0.244 e. The quantitative estimate of drug-likeness (QED) is 0.838. The molecule has 3 atom stereocenters. The fourth-order valence-electron chi connectivity index (χ4n) is 4.59. The van der Waals surface area contributed by atoms with Crippen LogP contribution in [0.4, 0.5) is 5.69 Å². The second-order valence-electron chi connectivity index (χ2n) is 7.56. The van der Waals surface area contributed by atoms with E-state index in [2.05, 4.69) is 31.8 Å². The number of sulfonamides is 1. The fourth-order valence-corrected chi connectivity index (χ4v) is 6.24. The van der Waals surface area contributed by atoms with Gasteiger partial charge < -0.3 is 5.32 Å². The number of fused-ring (bicyclic) bond motifs is 3. The average molecular weight is 369 g/mol. The molecular weight excluding hydrogens is 344 g/mol. The Bertz CT molecular complexity index is 982. The van der Waals surface area contributed by atoms with E-state index in [0.717, 1.165) is 11.3 Å². The zero-order valence-corrected chi connectivity index (χ0v) is 16.2. The van der Waals surface area contributed by atoms with Gasteiger partial charge in [0.1, 0.15) is 6.17 Å². The largest absolute Gasteiger partial charge is 0.368 e. The van der Waals surface area contributed by atoms with Crippen LogP contribution in [0.25, 0.3) is 0 Å². The van der Waals surface area contributed by atoms with Crippen molar-refractivity contribution in [1.29, 1.82) is 0 Å². The maximum atomic E-state index is 13.4. The predicted molar refractivity (Wildman–Crippen MR) is 105 cm³/mol. The second kappa shape index (κ2) is 5.69. The third-order valence-electron chi connectivity index (χ3n) is 6.02. The molecule has 0 radical (unpaired) electrons. The SMILES string of the molecule is C=CC1CN(S(=O)(=O)c2ccc(C)cc2)C2Nc3cccc(C)c3C12C. The minimum absolute atomic E-state index is 0.0440. The number of nitrogens with zero attached hydrogens (tertiary/aromatic N) is 1. The molecule has 26 heavy (non-hydrogen) atoms. The Balaban J connectivity index is 1.84. The van der Waals surface area contributed by atoms with Gasteiger partial charge >= 0.3 is 0 Å². The van der Waals surface area contributed by atoms with Crippen LogP contribution in [-0.2, 0) is 15.4 Å². The van der Waals surface area contributed by atoms with E-state index in [4.69, 9.17) is 0 Å². The lowest BCUT2D eigenvalue weighted by molar-refractivity contribution is 0.349. The first-order valence-electron chi connectivity index (χ1n) is 8.88. The standard InChI is InChI=1S/C21H24N2O2S/c1-5-16-13-23(26(24,25)17-11-9-14(2)10-12-17)20-21(16,4)19-15(3)7-6-8-18(19)22-20/h5-12,16,20,22H,1,13H2,2-4H3. The van der Waals surface area contributed by atoms with Crippen molar-refractivity contribution < 1.29 is 8.42 Å². The van der Waals surface area contributed by atoms with Gasteiger partial charge in [-0.05, 0) is 43.2 Å². The van der Waals surface area contributed by atoms with Crippen LogP contribution < -0.4 is 5.32 Å². The summed E-state index contributed by atoms with van der Waals surface area (Å²) in [6.07, 6.45) is 1.59. The summed E-state index contributed by atoms with van der Waals surface area (Å²) in [5.41, 5.74) is 4.12. The van der Waals surface area contributed by atoms with Gasteiger partial charge in [-0.1, -0.05) is 42.8 Å². The number of aryl methyl sites for hydroxylation is 2. The van der Waals surface area contributed by atoms with Crippen LogP contribution in [-0.4, -0.2) is 25.4 Å². The molecule has 0 bridgehead atoms. The molecule has 1 N–H and O–H groups in total. The molecule has 2 aromatic rings. The zero-order valence-electron chi connectivity index (χ0n) is 15.4. The molecule has 4 nitrogen and oxygen atoms in total. The molecule has 0 amide bonds. The molecule has 2 heterocycles. The van der Waals surface area contributed by atoms with Crippen LogP contribution in [0.2, 0.25) is 0 Å². The van der Waals surface area contributed by atoms with E-state index in [1.165, 1.54) is 11.1 Å². The molecule has 2 aliphatic rings. The predicted octanol–water partition coefficient (Wildman–Crippen LogP) is 3.82. The average Bonchev–Trinajstić information content (AvgIpc) is 3.05.